The molecule has 0 bridgehead atoms. The SMILES string of the molecule is Cc1cc(=O)c(C(=O)NCCC2CCCN2)c[nH]1. The van der Waals surface area contributed by atoms with Crippen LogP contribution in [0.1, 0.15) is 35.3 Å². The minimum Gasteiger partial charge on any atom is -0.364 e. The number of amides is 1. The van der Waals surface area contributed by atoms with E-state index in [2.05, 4.69) is 15.6 Å². The van der Waals surface area contributed by atoms with Gasteiger partial charge in [-0.15, -0.1) is 0 Å². The van der Waals surface area contributed by atoms with Gasteiger partial charge in [0.1, 0.15) is 5.56 Å². The molecule has 5 heteroatoms. The molecule has 1 aliphatic rings. The summed E-state index contributed by atoms with van der Waals surface area (Å²) in [5, 5.41) is 6.16. The number of H-pyrrole nitrogens is 1. The Labute approximate surface area is 106 Å². The van der Waals surface area contributed by atoms with Crippen LogP contribution < -0.4 is 16.1 Å². The molecule has 98 valence electrons. The molecule has 2 heterocycles. The zero-order valence-corrected chi connectivity index (χ0v) is 10.6. The van der Waals surface area contributed by atoms with E-state index in [9.17, 15) is 9.59 Å². The molecule has 2 rings (SSSR count). The lowest BCUT2D eigenvalue weighted by molar-refractivity contribution is 0.0951. The van der Waals surface area contributed by atoms with Gasteiger partial charge in [-0.05, 0) is 32.7 Å². The highest BCUT2D eigenvalue weighted by Crippen LogP contribution is 2.07. The van der Waals surface area contributed by atoms with Crippen LogP contribution in [0.15, 0.2) is 17.1 Å². The molecule has 1 unspecified atom stereocenters. The van der Waals surface area contributed by atoms with Gasteiger partial charge in [0.25, 0.3) is 5.91 Å². The second-order valence-corrected chi connectivity index (χ2v) is 4.73. The van der Waals surface area contributed by atoms with Gasteiger partial charge < -0.3 is 15.6 Å². The molecule has 18 heavy (non-hydrogen) atoms. The van der Waals surface area contributed by atoms with E-state index in [-0.39, 0.29) is 16.9 Å². The fourth-order valence-corrected chi connectivity index (χ4v) is 2.21. The Balaban J connectivity index is 1.85. The fourth-order valence-electron chi connectivity index (χ4n) is 2.21. The van der Waals surface area contributed by atoms with Crippen molar-refractivity contribution >= 4 is 5.91 Å². The van der Waals surface area contributed by atoms with Crippen molar-refractivity contribution in [1.82, 2.24) is 15.6 Å². The normalized spacial score (nSPS) is 18.8. The van der Waals surface area contributed by atoms with Crippen LogP contribution in [-0.2, 0) is 0 Å². The third kappa shape index (κ3) is 3.20. The zero-order chi connectivity index (χ0) is 13.0. The van der Waals surface area contributed by atoms with Crippen molar-refractivity contribution in [2.75, 3.05) is 13.1 Å². The number of nitrogens with one attached hydrogen (secondary N) is 3. The van der Waals surface area contributed by atoms with E-state index >= 15 is 0 Å². The second-order valence-electron chi connectivity index (χ2n) is 4.73. The van der Waals surface area contributed by atoms with E-state index in [0.29, 0.717) is 12.6 Å². The largest absolute Gasteiger partial charge is 0.364 e. The molecule has 0 saturated carbocycles. The maximum atomic E-state index is 11.8. The molecule has 1 aromatic rings. The number of carbonyl (C=O) groups is 1. The van der Waals surface area contributed by atoms with Gasteiger partial charge in [-0.2, -0.15) is 0 Å². The van der Waals surface area contributed by atoms with Gasteiger partial charge in [0, 0.05) is 30.5 Å². The first-order valence-electron chi connectivity index (χ1n) is 6.38. The molecule has 0 spiro atoms. The molecule has 0 radical (unpaired) electrons. The molecule has 0 aliphatic carbocycles. The number of aryl methyl sites for hydroxylation is 1. The van der Waals surface area contributed by atoms with Crippen molar-refractivity contribution < 1.29 is 4.79 Å². The Bertz CT molecular complexity index is 475. The van der Waals surface area contributed by atoms with Crippen LogP contribution in [0, 0.1) is 6.92 Å². The van der Waals surface area contributed by atoms with Gasteiger partial charge in [0.15, 0.2) is 5.43 Å². The van der Waals surface area contributed by atoms with E-state index in [4.69, 9.17) is 0 Å². The first-order chi connectivity index (χ1) is 8.66. The molecule has 1 atom stereocenters. The Morgan fingerprint density at radius 2 is 2.39 bits per heavy atom. The van der Waals surface area contributed by atoms with Gasteiger partial charge in [0.2, 0.25) is 0 Å². The summed E-state index contributed by atoms with van der Waals surface area (Å²) in [7, 11) is 0. The highest BCUT2D eigenvalue weighted by molar-refractivity contribution is 5.93. The molecule has 1 aliphatic heterocycles. The second kappa shape index (κ2) is 5.82. The number of hydrogen-bond donors (Lipinski definition) is 3. The average molecular weight is 249 g/mol. The van der Waals surface area contributed by atoms with Crippen molar-refractivity contribution in [1.29, 1.82) is 0 Å². The molecule has 1 saturated heterocycles. The molecule has 3 N–H and O–H groups in total. The molecular formula is C13H19N3O2. The Kier molecular flexibility index (Phi) is 4.15. The molecule has 0 aromatic carbocycles. The van der Waals surface area contributed by atoms with Crippen molar-refractivity contribution in [3.05, 3.63) is 33.7 Å². The minimum absolute atomic E-state index is 0.181. The lowest BCUT2D eigenvalue weighted by Crippen LogP contribution is -2.33. The summed E-state index contributed by atoms with van der Waals surface area (Å²) >= 11 is 0. The van der Waals surface area contributed by atoms with Gasteiger partial charge >= 0.3 is 0 Å². The van der Waals surface area contributed by atoms with E-state index in [1.165, 1.54) is 25.1 Å². The van der Waals surface area contributed by atoms with E-state index in [0.717, 1.165) is 18.7 Å². The standard InChI is InChI=1S/C13H19N3O2/c1-9-7-12(17)11(8-16-9)13(18)15-6-4-10-3-2-5-14-10/h7-8,10,14H,2-6H2,1H3,(H,15,18)(H,16,17). The van der Waals surface area contributed by atoms with Gasteiger partial charge in [-0.25, -0.2) is 0 Å². The Hall–Kier alpha value is -1.62. The maximum Gasteiger partial charge on any atom is 0.256 e. The Morgan fingerprint density at radius 3 is 3.06 bits per heavy atom. The van der Waals surface area contributed by atoms with Crippen molar-refractivity contribution in [3.8, 4) is 0 Å². The highest BCUT2D eigenvalue weighted by Gasteiger charge is 2.14. The van der Waals surface area contributed by atoms with E-state index < -0.39 is 0 Å². The average Bonchev–Trinajstić information content (AvgIpc) is 2.81. The van der Waals surface area contributed by atoms with Gasteiger partial charge in [-0.3, -0.25) is 9.59 Å². The maximum absolute atomic E-state index is 11.8. The van der Waals surface area contributed by atoms with Crippen LogP contribution in [0.5, 0.6) is 0 Å². The Morgan fingerprint density at radius 1 is 1.56 bits per heavy atom. The van der Waals surface area contributed by atoms with Crippen molar-refractivity contribution in [2.24, 2.45) is 0 Å². The first-order valence-corrected chi connectivity index (χ1v) is 6.38. The summed E-state index contributed by atoms with van der Waals surface area (Å²) in [6, 6.07) is 1.94. The van der Waals surface area contributed by atoms with Gasteiger partial charge in [-0.1, -0.05) is 0 Å². The predicted molar refractivity (Wildman–Crippen MR) is 69.8 cm³/mol. The van der Waals surface area contributed by atoms with Crippen LogP contribution in [0.25, 0.3) is 0 Å². The predicted octanol–water partition coefficient (Wildman–Crippen LogP) is 0.555. The molecule has 1 aromatic heterocycles. The highest BCUT2D eigenvalue weighted by atomic mass is 16.2. The number of carbonyl (C=O) groups excluding carboxylic acids is 1. The van der Waals surface area contributed by atoms with E-state index in [1.54, 1.807) is 6.92 Å². The summed E-state index contributed by atoms with van der Waals surface area (Å²) in [4.78, 5) is 26.3. The molecule has 1 fully saturated rings. The number of aromatic amines is 1. The number of pyridine rings is 1. The van der Waals surface area contributed by atoms with Crippen molar-refractivity contribution in [3.63, 3.8) is 0 Å². The summed E-state index contributed by atoms with van der Waals surface area (Å²) in [5.74, 6) is -0.297. The van der Waals surface area contributed by atoms with E-state index in [1.807, 2.05) is 0 Å². The van der Waals surface area contributed by atoms with Crippen molar-refractivity contribution in [2.45, 2.75) is 32.2 Å². The summed E-state index contributed by atoms with van der Waals surface area (Å²) in [6.07, 6.45) is 4.76. The van der Waals surface area contributed by atoms with Crippen LogP contribution >= 0.6 is 0 Å². The number of aromatic nitrogens is 1. The minimum atomic E-state index is -0.297. The topological polar surface area (TPSA) is 74.0 Å². The fraction of sp³-hybridized carbons (Fsp3) is 0.538. The lowest BCUT2D eigenvalue weighted by Gasteiger charge is -2.10. The van der Waals surface area contributed by atoms with Crippen LogP contribution in [0.4, 0.5) is 0 Å². The van der Waals surface area contributed by atoms with Crippen LogP contribution in [0.2, 0.25) is 0 Å². The number of hydrogen-bond acceptors (Lipinski definition) is 3. The first kappa shape index (κ1) is 12.8. The third-order valence-electron chi connectivity index (χ3n) is 3.24. The smallest absolute Gasteiger partial charge is 0.256 e. The molecular weight excluding hydrogens is 230 g/mol. The van der Waals surface area contributed by atoms with Crippen LogP contribution in [0.3, 0.4) is 0 Å². The summed E-state index contributed by atoms with van der Waals surface area (Å²) in [6.45, 7) is 3.45. The molecule has 5 nitrogen and oxygen atoms in total. The van der Waals surface area contributed by atoms with Crippen LogP contribution in [-0.4, -0.2) is 30.0 Å². The van der Waals surface area contributed by atoms with Gasteiger partial charge in [0.05, 0.1) is 0 Å². The zero-order valence-electron chi connectivity index (χ0n) is 10.6. The monoisotopic (exact) mass is 249 g/mol. The quantitative estimate of drug-likeness (QED) is 0.729. The summed E-state index contributed by atoms with van der Waals surface area (Å²) in [5.41, 5.74) is 0.703. The molecule has 1 amide bonds. The lowest BCUT2D eigenvalue weighted by atomic mass is 10.1. The third-order valence-corrected chi connectivity index (χ3v) is 3.24. The number of rotatable bonds is 4. The summed E-state index contributed by atoms with van der Waals surface area (Å²) < 4.78 is 0.